The van der Waals surface area contributed by atoms with Gasteiger partial charge in [0.05, 0.1) is 0 Å². The summed E-state index contributed by atoms with van der Waals surface area (Å²) in [6.07, 6.45) is 0. The van der Waals surface area contributed by atoms with Crippen LogP contribution in [-0.4, -0.2) is 0 Å². The molecule has 3 aromatic rings. The van der Waals surface area contributed by atoms with Crippen LogP contribution in [0.3, 0.4) is 0 Å². The highest BCUT2D eigenvalue weighted by Gasteiger charge is 2.07. The highest BCUT2D eigenvalue weighted by Crippen LogP contribution is 2.35. The Morgan fingerprint density at radius 2 is 1.56 bits per heavy atom. The summed E-state index contributed by atoms with van der Waals surface area (Å²) in [5, 5.41) is 4.22. The molecule has 0 aliphatic carbocycles. The van der Waals surface area contributed by atoms with Crippen molar-refractivity contribution in [3.05, 3.63) is 59.3 Å². The van der Waals surface area contributed by atoms with Crippen molar-refractivity contribution in [1.29, 1.82) is 0 Å². The van der Waals surface area contributed by atoms with E-state index in [4.69, 9.17) is 0 Å². The van der Waals surface area contributed by atoms with Crippen LogP contribution in [0.5, 0.6) is 0 Å². The summed E-state index contributed by atoms with van der Waals surface area (Å²) >= 11 is 3.53. The van der Waals surface area contributed by atoms with E-state index in [0.717, 1.165) is 0 Å². The van der Waals surface area contributed by atoms with Gasteiger partial charge in [-0.3, -0.25) is 0 Å². The summed E-state index contributed by atoms with van der Waals surface area (Å²) in [5.74, 6) is 0. The molecule has 0 N–H and O–H groups in total. The van der Waals surface area contributed by atoms with E-state index in [-0.39, 0.29) is 0 Å². The Morgan fingerprint density at radius 3 is 2.25 bits per heavy atom. The third-order valence-electron chi connectivity index (χ3n) is 2.41. The number of thiophene rings is 2. The first kappa shape index (κ1) is 9.82. The molecule has 3 rings (SSSR count). The van der Waals surface area contributed by atoms with Gasteiger partial charge in [0.15, 0.2) is 0 Å². The summed E-state index contributed by atoms with van der Waals surface area (Å²) in [7, 11) is 0. The summed E-state index contributed by atoms with van der Waals surface area (Å²) in [6, 6.07) is 18.0. The van der Waals surface area contributed by atoms with Crippen molar-refractivity contribution in [3.8, 4) is 20.9 Å². The minimum Gasteiger partial charge on any atom is -0.144 e. The topological polar surface area (TPSA) is 0 Å². The van der Waals surface area contributed by atoms with Crippen LogP contribution in [0.1, 0.15) is 0 Å². The van der Waals surface area contributed by atoms with E-state index in [9.17, 15) is 0 Å². The molecular formula is C14H9S2. The van der Waals surface area contributed by atoms with Crippen LogP contribution in [0.4, 0.5) is 0 Å². The predicted octanol–water partition coefficient (Wildman–Crippen LogP) is 4.94. The summed E-state index contributed by atoms with van der Waals surface area (Å²) < 4.78 is 0. The molecular weight excluding hydrogens is 232 g/mol. The molecule has 0 unspecified atom stereocenters. The molecule has 0 spiro atoms. The van der Waals surface area contributed by atoms with Crippen molar-refractivity contribution in [2.24, 2.45) is 0 Å². The van der Waals surface area contributed by atoms with Crippen LogP contribution in [0.15, 0.2) is 53.2 Å². The molecule has 0 nitrogen and oxygen atoms in total. The third-order valence-corrected chi connectivity index (χ3v) is 4.20. The van der Waals surface area contributed by atoms with Crippen LogP contribution in [0.25, 0.3) is 20.9 Å². The maximum Gasteiger partial charge on any atom is 0.0355 e. The summed E-state index contributed by atoms with van der Waals surface area (Å²) in [5.41, 5.74) is 2.49. The van der Waals surface area contributed by atoms with E-state index >= 15 is 0 Å². The molecule has 1 radical (unpaired) electrons. The predicted molar refractivity (Wildman–Crippen MR) is 71.9 cm³/mol. The molecule has 77 valence electrons. The zero-order valence-electron chi connectivity index (χ0n) is 8.51. The maximum atomic E-state index is 3.34. The number of benzene rings is 1. The van der Waals surface area contributed by atoms with Gasteiger partial charge >= 0.3 is 0 Å². The molecule has 0 saturated carbocycles. The van der Waals surface area contributed by atoms with Gasteiger partial charge in [-0.15, -0.1) is 22.7 Å². The fraction of sp³-hybridized carbons (Fsp3) is 0. The first-order valence-corrected chi connectivity index (χ1v) is 6.79. The van der Waals surface area contributed by atoms with E-state index in [1.165, 1.54) is 20.9 Å². The second kappa shape index (κ2) is 4.24. The van der Waals surface area contributed by atoms with E-state index in [1.807, 2.05) is 12.1 Å². The Hall–Kier alpha value is -1.38. The molecule has 16 heavy (non-hydrogen) atoms. The van der Waals surface area contributed by atoms with Crippen LogP contribution in [-0.2, 0) is 0 Å². The summed E-state index contributed by atoms with van der Waals surface area (Å²) in [6.45, 7) is 0. The molecule has 1 aromatic carbocycles. The molecule has 2 aromatic heterocycles. The van der Waals surface area contributed by atoms with Crippen molar-refractivity contribution < 1.29 is 0 Å². The zero-order chi connectivity index (χ0) is 10.8. The first-order valence-electron chi connectivity index (χ1n) is 5.03. The third kappa shape index (κ3) is 1.70. The van der Waals surface area contributed by atoms with Gasteiger partial charge in [-0.05, 0) is 29.0 Å². The van der Waals surface area contributed by atoms with Crippen molar-refractivity contribution in [2.45, 2.75) is 0 Å². The molecule has 0 fully saturated rings. The average molecular weight is 241 g/mol. The van der Waals surface area contributed by atoms with Gasteiger partial charge < -0.3 is 0 Å². The van der Waals surface area contributed by atoms with Gasteiger partial charge in [-0.2, -0.15) is 0 Å². The van der Waals surface area contributed by atoms with Gasteiger partial charge in [0.1, 0.15) is 0 Å². The van der Waals surface area contributed by atoms with E-state index in [0.29, 0.717) is 0 Å². The Kier molecular flexibility index (Phi) is 2.60. The van der Waals surface area contributed by atoms with Crippen molar-refractivity contribution >= 4 is 22.7 Å². The Morgan fingerprint density at radius 1 is 0.812 bits per heavy atom. The molecule has 0 bridgehead atoms. The Labute approximate surface area is 103 Å². The SMILES string of the molecule is [c]1cccc(-c2cccs2)c1-c1cccs1. The fourth-order valence-corrected chi connectivity index (χ4v) is 3.20. The Bertz CT molecular complexity index is 509. The molecule has 0 amide bonds. The summed E-state index contributed by atoms with van der Waals surface area (Å²) in [4.78, 5) is 2.59. The van der Waals surface area contributed by atoms with Gasteiger partial charge in [0.25, 0.3) is 0 Å². The number of hydrogen-bond acceptors (Lipinski definition) is 2. The van der Waals surface area contributed by atoms with Crippen LogP contribution in [0.2, 0.25) is 0 Å². The monoisotopic (exact) mass is 241 g/mol. The minimum atomic E-state index is 1.21. The lowest BCUT2D eigenvalue weighted by Gasteiger charge is -2.04. The normalized spacial score (nSPS) is 10.5. The zero-order valence-corrected chi connectivity index (χ0v) is 10.1. The van der Waals surface area contributed by atoms with Gasteiger partial charge in [-0.1, -0.05) is 30.3 Å². The minimum absolute atomic E-state index is 1.21. The fourth-order valence-electron chi connectivity index (χ4n) is 1.70. The van der Waals surface area contributed by atoms with Crippen molar-refractivity contribution in [3.63, 3.8) is 0 Å². The van der Waals surface area contributed by atoms with Crippen molar-refractivity contribution in [2.75, 3.05) is 0 Å². The lowest BCUT2D eigenvalue weighted by molar-refractivity contribution is 1.67. The standard InChI is InChI=1S/C14H9S2/c1-2-6-12(14-8-4-10-16-14)11(5-1)13-7-3-9-15-13/h1-5,7-10H. The van der Waals surface area contributed by atoms with Gasteiger partial charge in [-0.25, -0.2) is 0 Å². The van der Waals surface area contributed by atoms with Crippen LogP contribution >= 0.6 is 22.7 Å². The second-order valence-electron chi connectivity index (χ2n) is 3.41. The molecule has 0 saturated heterocycles. The molecule has 2 heterocycles. The number of rotatable bonds is 2. The first-order chi connectivity index (χ1) is 7.95. The van der Waals surface area contributed by atoms with Gasteiger partial charge in [0.2, 0.25) is 0 Å². The lowest BCUT2D eigenvalue weighted by Crippen LogP contribution is -1.79. The molecule has 2 heteroatoms. The van der Waals surface area contributed by atoms with E-state index in [1.54, 1.807) is 22.7 Å². The molecule has 0 aliphatic heterocycles. The van der Waals surface area contributed by atoms with Crippen LogP contribution < -0.4 is 0 Å². The maximum absolute atomic E-state index is 3.34. The highest BCUT2D eigenvalue weighted by atomic mass is 32.1. The lowest BCUT2D eigenvalue weighted by atomic mass is 10.0. The largest absolute Gasteiger partial charge is 0.144 e. The van der Waals surface area contributed by atoms with E-state index in [2.05, 4.69) is 47.2 Å². The van der Waals surface area contributed by atoms with E-state index < -0.39 is 0 Å². The molecule has 0 aliphatic rings. The highest BCUT2D eigenvalue weighted by molar-refractivity contribution is 7.14. The van der Waals surface area contributed by atoms with Crippen molar-refractivity contribution in [1.82, 2.24) is 0 Å². The average Bonchev–Trinajstić information content (AvgIpc) is 3.03. The second-order valence-corrected chi connectivity index (χ2v) is 5.31. The van der Waals surface area contributed by atoms with Gasteiger partial charge in [0, 0.05) is 20.9 Å². The smallest absolute Gasteiger partial charge is 0.0355 e. The Balaban J connectivity index is 2.19. The molecule has 0 atom stereocenters. The number of hydrogen-bond donors (Lipinski definition) is 0. The van der Waals surface area contributed by atoms with Crippen LogP contribution in [0, 0.1) is 6.07 Å². The quantitative estimate of drug-likeness (QED) is 0.596.